The van der Waals surface area contributed by atoms with Crippen molar-refractivity contribution in [2.24, 2.45) is 0 Å². The Morgan fingerprint density at radius 3 is 2.81 bits per heavy atom. The van der Waals surface area contributed by atoms with Crippen LogP contribution in [0, 0.1) is 0 Å². The van der Waals surface area contributed by atoms with Crippen molar-refractivity contribution in [3.8, 4) is 0 Å². The molecular formula is C13H16N7O6P. The predicted molar refractivity (Wildman–Crippen MR) is 89.1 cm³/mol. The van der Waals surface area contributed by atoms with Crippen LogP contribution in [0.15, 0.2) is 31.4 Å². The SMILES string of the molecule is Nc1ncnc2c1ncn2[C@H]1O[C@@H](COP(=O)(O)n2ccnc2)[C@H](O)[C@@H]1O. The van der Waals surface area contributed by atoms with Crippen LogP contribution in [0.25, 0.3) is 11.2 Å². The van der Waals surface area contributed by atoms with Gasteiger partial charge in [0.2, 0.25) is 0 Å². The molecule has 0 saturated carbocycles. The maximum absolute atomic E-state index is 12.2. The molecule has 0 aliphatic carbocycles. The van der Waals surface area contributed by atoms with E-state index in [0.29, 0.717) is 11.2 Å². The number of hydrogen-bond donors (Lipinski definition) is 4. The van der Waals surface area contributed by atoms with Crippen LogP contribution in [0.1, 0.15) is 6.23 Å². The fourth-order valence-electron chi connectivity index (χ4n) is 2.79. The lowest BCUT2D eigenvalue weighted by Gasteiger charge is -2.18. The number of aliphatic hydroxyl groups is 2. The lowest BCUT2D eigenvalue weighted by molar-refractivity contribution is -0.0487. The summed E-state index contributed by atoms with van der Waals surface area (Å²) in [5.74, 6) is 0.160. The zero-order valence-electron chi connectivity index (χ0n) is 13.7. The number of aromatic nitrogens is 6. The van der Waals surface area contributed by atoms with E-state index in [-0.39, 0.29) is 5.82 Å². The number of nitrogens with two attached hydrogens (primary N) is 1. The summed E-state index contributed by atoms with van der Waals surface area (Å²) >= 11 is 0. The Balaban J connectivity index is 1.52. The summed E-state index contributed by atoms with van der Waals surface area (Å²) in [6.45, 7) is -0.440. The highest BCUT2D eigenvalue weighted by molar-refractivity contribution is 7.51. The second-order valence-electron chi connectivity index (χ2n) is 5.86. The van der Waals surface area contributed by atoms with Crippen LogP contribution in [-0.2, 0) is 13.8 Å². The van der Waals surface area contributed by atoms with Crippen LogP contribution in [0.2, 0.25) is 0 Å². The molecule has 4 rings (SSSR count). The van der Waals surface area contributed by atoms with Crippen molar-refractivity contribution < 1.29 is 28.9 Å². The molecule has 13 nitrogen and oxygen atoms in total. The highest BCUT2D eigenvalue weighted by Gasteiger charge is 2.45. The maximum Gasteiger partial charge on any atom is 0.437 e. The van der Waals surface area contributed by atoms with Crippen molar-refractivity contribution in [3.05, 3.63) is 31.4 Å². The first-order valence-electron chi connectivity index (χ1n) is 7.79. The molecule has 144 valence electrons. The van der Waals surface area contributed by atoms with Gasteiger partial charge in [-0.1, -0.05) is 0 Å². The number of anilines is 1. The van der Waals surface area contributed by atoms with Gasteiger partial charge in [0.05, 0.1) is 12.9 Å². The third kappa shape index (κ3) is 3.10. The zero-order valence-corrected chi connectivity index (χ0v) is 14.6. The van der Waals surface area contributed by atoms with Gasteiger partial charge in [0.15, 0.2) is 17.7 Å². The van der Waals surface area contributed by atoms with E-state index in [4.69, 9.17) is 15.0 Å². The quantitative estimate of drug-likeness (QED) is 0.383. The molecule has 5 atom stereocenters. The van der Waals surface area contributed by atoms with E-state index in [0.717, 1.165) is 10.7 Å². The van der Waals surface area contributed by atoms with E-state index in [1.807, 2.05) is 0 Å². The molecule has 1 aliphatic rings. The highest BCUT2D eigenvalue weighted by Crippen LogP contribution is 2.44. The standard InChI is InChI=1S/C13H16N7O6P/c14-11-8-12(17-4-16-11)20(6-18-8)13-10(22)9(21)7(26-13)3-25-27(23,24)19-2-1-15-5-19/h1-2,4-7,9-10,13,21-22H,3H2,(H,23,24)(H2,14,16,17)/t7-,9-,10-,13-/m0/s1. The minimum atomic E-state index is -4.20. The van der Waals surface area contributed by atoms with Crippen LogP contribution in [-0.4, -0.2) is 68.9 Å². The third-order valence-corrected chi connectivity index (χ3v) is 5.49. The summed E-state index contributed by atoms with van der Waals surface area (Å²) in [6, 6.07) is 0. The van der Waals surface area contributed by atoms with E-state index in [2.05, 4.69) is 19.9 Å². The Bertz CT molecular complexity index is 994. The molecule has 0 radical (unpaired) electrons. The minimum absolute atomic E-state index is 0.160. The van der Waals surface area contributed by atoms with Gasteiger partial charge in [0.25, 0.3) is 0 Å². The first kappa shape index (κ1) is 18.0. The average Bonchev–Trinajstić information content (AvgIpc) is 3.36. The first-order valence-corrected chi connectivity index (χ1v) is 9.32. The molecule has 5 N–H and O–H groups in total. The van der Waals surface area contributed by atoms with Crippen LogP contribution < -0.4 is 5.73 Å². The Hall–Kier alpha value is -2.41. The molecule has 0 spiro atoms. The number of aliphatic hydroxyl groups excluding tert-OH is 2. The molecule has 0 aromatic carbocycles. The van der Waals surface area contributed by atoms with E-state index >= 15 is 0 Å². The largest absolute Gasteiger partial charge is 0.437 e. The van der Waals surface area contributed by atoms with Crippen molar-refractivity contribution in [3.63, 3.8) is 0 Å². The number of nitrogens with zero attached hydrogens (tertiary/aromatic N) is 6. The van der Waals surface area contributed by atoms with Crippen molar-refractivity contribution in [1.82, 2.24) is 28.8 Å². The second kappa shape index (κ2) is 6.64. The van der Waals surface area contributed by atoms with Gasteiger partial charge in [0.1, 0.15) is 36.5 Å². The topological polar surface area (TPSA) is 184 Å². The Kier molecular flexibility index (Phi) is 4.42. The summed E-state index contributed by atoms with van der Waals surface area (Å²) in [5, 5.41) is 20.6. The fourth-order valence-corrected chi connectivity index (χ4v) is 3.68. The van der Waals surface area contributed by atoms with Gasteiger partial charge in [-0.05, 0) is 0 Å². The van der Waals surface area contributed by atoms with E-state index in [1.54, 1.807) is 0 Å². The van der Waals surface area contributed by atoms with Gasteiger partial charge in [0, 0.05) is 12.4 Å². The Morgan fingerprint density at radius 2 is 2.07 bits per heavy atom. The highest BCUT2D eigenvalue weighted by atomic mass is 31.2. The van der Waals surface area contributed by atoms with Crippen LogP contribution in [0.4, 0.5) is 5.82 Å². The molecule has 4 heterocycles. The van der Waals surface area contributed by atoms with Gasteiger partial charge in [-0.2, -0.15) is 0 Å². The van der Waals surface area contributed by atoms with Gasteiger partial charge in [-0.25, -0.2) is 28.8 Å². The van der Waals surface area contributed by atoms with Crippen molar-refractivity contribution in [1.29, 1.82) is 0 Å². The van der Waals surface area contributed by atoms with Crippen LogP contribution >= 0.6 is 7.75 Å². The van der Waals surface area contributed by atoms with Crippen LogP contribution in [0.5, 0.6) is 0 Å². The Morgan fingerprint density at radius 1 is 1.26 bits per heavy atom. The summed E-state index contributed by atoms with van der Waals surface area (Å²) in [6.07, 6.45) is 1.49. The van der Waals surface area contributed by atoms with E-state index in [9.17, 15) is 19.7 Å². The summed E-state index contributed by atoms with van der Waals surface area (Å²) in [4.78, 5) is 25.6. The summed E-state index contributed by atoms with van der Waals surface area (Å²) in [5.41, 5.74) is 6.37. The van der Waals surface area contributed by atoms with E-state index in [1.165, 1.54) is 29.6 Å². The second-order valence-corrected chi connectivity index (χ2v) is 7.56. The molecule has 3 aromatic rings. The number of nitrogen functional groups attached to an aromatic ring is 1. The normalized spacial score (nSPS) is 27.8. The van der Waals surface area contributed by atoms with Gasteiger partial charge in [-0.15, -0.1) is 0 Å². The molecule has 0 amide bonds. The van der Waals surface area contributed by atoms with Gasteiger partial charge < -0.3 is 25.6 Å². The minimum Gasteiger partial charge on any atom is -0.387 e. The fraction of sp³-hybridized carbons (Fsp3) is 0.385. The molecular weight excluding hydrogens is 381 g/mol. The first-order chi connectivity index (χ1) is 12.9. The molecule has 1 saturated heterocycles. The molecule has 3 aromatic heterocycles. The van der Waals surface area contributed by atoms with E-state index < -0.39 is 38.9 Å². The van der Waals surface area contributed by atoms with Crippen molar-refractivity contribution in [2.45, 2.75) is 24.5 Å². The number of rotatable bonds is 5. The molecule has 27 heavy (non-hydrogen) atoms. The number of imidazole rings is 2. The number of ether oxygens (including phenoxy) is 1. The van der Waals surface area contributed by atoms with Gasteiger partial charge in [-0.3, -0.25) is 9.09 Å². The molecule has 1 unspecified atom stereocenters. The number of fused-ring (bicyclic) bond motifs is 1. The third-order valence-electron chi connectivity index (χ3n) is 4.19. The monoisotopic (exact) mass is 397 g/mol. The van der Waals surface area contributed by atoms with Crippen LogP contribution in [0.3, 0.4) is 0 Å². The lowest BCUT2D eigenvalue weighted by atomic mass is 10.1. The Labute approximate surface area is 151 Å². The predicted octanol–water partition coefficient (Wildman–Crippen LogP) is -1.11. The smallest absolute Gasteiger partial charge is 0.387 e. The summed E-state index contributed by atoms with van der Waals surface area (Å²) in [7, 11) is -4.20. The maximum atomic E-state index is 12.2. The molecule has 1 fully saturated rings. The van der Waals surface area contributed by atoms with Crippen molar-refractivity contribution >= 4 is 24.7 Å². The average molecular weight is 397 g/mol. The zero-order chi connectivity index (χ0) is 19.2. The lowest BCUT2D eigenvalue weighted by Crippen LogP contribution is -2.33. The molecule has 1 aliphatic heterocycles. The molecule has 14 heteroatoms. The summed E-state index contributed by atoms with van der Waals surface area (Å²) < 4.78 is 25.1. The molecule has 0 bridgehead atoms. The van der Waals surface area contributed by atoms with Crippen molar-refractivity contribution in [2.75, 3.05) is 12.3 Å². The van der Waals surface area contributed by atoms with Gasteiger partial charge >= 0.3 is 7.75 Å². The number of hydrogen-bond acceptors (Lipinski definition) is 10.